The molecule has 0 aromatic heterocycles. The molecule has 0 radical (unpaired) electrons. The van der Waals surface area contributed by atoms with E-state index in [0.717, 1.165) is 15.9 Å². The quantitative estimate of drug-likeness (QED) is 0.578. The van der Waals surface area contributed by atoms with Crippen LogP contribution in [0.1, 0.15) is 13.3 Å². The second-order valence-corrected chi connectivity index (χ2v) is 15.1. The second-order valence-electron chi connectivity index (χ2n) is 6.34. The molecule has 0 saturated heterocycles. The zero-order chi connectivity index (χ0) is 18.6. The molecule has 0 bridgehead atoms. The van der Waals surface area contributed by atoms with Gasteiger partial charge in [-0.1, -0.05) is 0 Å². The Labute approximate surface area is 162 Å². The van der Waals surface area contributed by atoms with Gasteiger partial charge in [-0.3, -0.25) is 0 Å². The van der Waals surface area contributed by atoms with Crippen LogP contribution < -0.4 is 15.9 Å². The van der Waals surface area contributed by atoms with Crippen molar-refractivity contribution in [2.45, 2.75) is 19.0 Å². The molecule has 0 spiro atoms. The first-order chi connectivity index (χ1) is 12.5. The van der Waals surface area contributed by atoms with Crippen LogP contribution in [-0.2, 0) is 4.79 Å². The summed E-state index contributed by atoms with van der Waals surface area (Å²) in [7, 11) is 0. The molecule has 0 aliphatic carbocycles. The van der Waals surface area contributed by atoms with Crippen LogP contribution in [0, 0.1) is 0 Å². The average Bonchev–Trinajstić information content (AvgIpc) is 2.70. The fourth-order valence-electron chi connectivity index (χ4n) is 3.87. The molecular weight excluding hydrogens is 407 g/mol. The summed E-state index contributed by atoms with van der Waals surface area (Å²) < 4.78 is 0. The number of carbonyl (C=O) groups is 1. The van der Waals surface area contributed by atoms with Gasteiger partial charge in [0.1, 0.15) is 0 Å². The molecule has 134 valence electrons. The maximum absolute atomic E-state index is 12.5. The van der Waals surface area contributed by atoms with Crippen LogP contribution in [0.2, 0.25) is 0 Å². The van der Waals surface area contributed by atoms with Gasteiger partial charge in [-0.15, -0.1) is 0 Å². The molecule has 4 heteroatoms. The Morgan fingerprint density at radius 1 is 0.808 bits per heavy atom. The third-order valence-corrected chi connectivity index (χ3v) is 15.9. The first kappa shape index (κ1) is 18.8. The van der Waals surface area contributed by atoms with E-state index in [1.807, 2.05) is 61.5 Å². The van der Waals surface area contributed by atoms with Crippen molar-refractivity contribution in [3.8, 4) is 0 Å². The van der Waals surface area contributed by atoms with Crippen molar-refractivity contribution in [2.75, 3.05) is 0 Å². The van der Waals surface area contributed by atoms with Crippen molar-refractivity contribution in [1.29, 1.82) is 0 Å². The zero-order valence-corrected chi connectivity index (χ0v) is 17.1. The van der Waals surface area contributed by atoms with Crippen LogP contribution in [0.25, 0.3) is 0 Å². The molecule has 1 unspecified atom stereocenters. The van der Waals surface area contributed by atoms with Crippen molar-refractivity contribution in [2.24, 2.45) is 0 Å². The van der Waals surface area contributed by atoms with Crippen molar-refractivity contribution in [3.05, 3.63) is 91.0 Å². The summed E-state index contributed by atoms with van der Waals surface area (Å²) in [5.41, 5.74) is -0.576. The van der Waals surface area contributed by atoms with Crippen LogP contribution >= 0.6 is 20.8 Å². The van der Waals surface area contributed by atoms with E-state index < -0.39 is 16.9 Å². The molecular formula is C22H22BrO2P. The van der Waals surface area contributed by atoms with Gasteiger partial charge in [0.2, 0.25) is 0 Å². The fraction of sp³-hybridized carbons (Fsp3) is 0.136. The van der Waals surface area contributed by atoms with E-state index in [0.29, 0.717) is 6.42 Å². The van der Waals surface area contributed by atoms with E-state index in [1.54, 1.807) is 0 Å². The number of rotatable bonds is 6. The normalized spacial score (nSPS) is 14.2. The van der Waals surface area contributed by atoms with Crippen LogP contribution in [0.4, 0.5) is 0 Å². The third-order valence-electron chi connectivity index (χ3n) is 5.04. The molecule has 0 aliphatic heterocycles. The first-order valence-electron chi connectivity index (χ1n) is 8.66. The Kier molecular flexibility index (Phi) is 5.32. The van der Waals surface area contributed by atoms with Crippen LogP contribution in [0.15, 0.2) is 91.0 Å². The molecule has 0 heterocycles. The van der Waals surface area contributed by atoms with Gasteiger partial charge in [-0.2, -0.15) is 0 Å². The molecule has 1 atom stereocenters. The summed E-state index contributed by atoms with van der Waals surface area (Å²) in [5.74, 6) is -0.779. The van der Waals surface area contributed by atoms with E-state index >= 15 is 0 Å². The number of halogens is 1. The van der Waals surface area contributed by atoms with Crippen molar-refractivity contribution in [3.63, 3.8) is 0 Å². The van der Waals surface area contributed by atoms with Gasteiger partial charge in [-0.25, -0.2) is 0 Å². The summed E-state index contributed by atoms with van der Waals surface area (Å²) in [4.78, 5) is 12.5. The van der Waals surface area contributed by atoms with Gasteiger partial charge < -0.3 is 0 Å². The molecule has 0 aliphatic rings. The minimum atomic E-state index is -3.42. The third kappa shape index (κ3) is 2.71. The van der Waals surface area contributed by atoms with Gasteiger partial charge in [0.25, 0.3) is 0 Å². The number of hydrogen-bond donors (Lipinski definition) is 1. The molecule has 0 amide bonds. The predicted molar refractivity (Wildman–Crippen MR) is 116 cm³/mol. The van der Waals surface area contributed by atoms with Gasteiger partial charge in [-0.05, 0) is 0 Å². The Hall–Kier alpha value is -1.96. The van der Waals surface area contributed by atoms with Crippen LogP contribution in [-0.4, -0.2) is 16.7 Å². The Morgan fingerprint density at radius 2 is 1.12 bits per heavy atom. The molecule has 0 fully saturated rings. The maximum atomic E-state index is 12.5. The Balaban J connectivity index is 2.54. The summed E-state index contributed by atoms with van der Waals surface area (Å²) in [5, 5.41) is 9.94. The first-order valence-corrected chi connectivity index (χ1v) is 13.0. The summed E-state index contributed by atoms with van der Waals surface area (Å²) in [6.07, 6.45) is 0.525. The Bertz CT molecular complexity index is 782. The minimum absolute atomic E-state index is 0.525. The average molecular weight is 429 g/mol. The molecule has 1 N–H and O–H groups in total. The Morgan fingerprint density at radius 3 is 1.35 bits per heavy atom. The SMILES string of the molecule is CCC(C(=O)O)P(Br)(c1ccccc1)(c1ccccc1)c1ccccc1. The van der Waals surface area contributed by atoms with Gasteiger partial charge in [0.05, 0.1) is 0 Å². The van der Waals surface area contributed by atoms with Crippen LogP contribution in [0.5, 0.6) is 0 Å². The van der Waals surface area contributed by atoms with Crippen LogP contribution in [0.3, 0.4) is 0 Å². The molecule has 26 heavy (non-hydrogen) atoms. The van der Waals surface area contributed by atoms with E-state index in [1.165, 1.54) is 0 Å². The fourth-order valence-corrected chi connectivity index (χ4v) is 12.7. The van der Waals surface area contributed by atoms with Gasteiger partial charge >= 0.3 is 163 Å². The zero-order valence-electron chi connectivity index (χ0n) is 14.6. The number of aliphatic carboxylic acids is 1. The van der Waals surface area contributed by atoms with E-state index in [9.17, 15) is 9.90 Å². The number of carboxylic acids is 1. The van der Waals surface area contributed by atoms with Gasteiger partial charge in [0.15, 0.2) is 0 Å². The predicted octanol–water partition coefficient (Wildman–Crippen LogP) is 4.69. The van der Waals surface area contributed by atoms with Crippen molar-refractivity contribution in [1.82, 2.24) is 0 Å². The monoisotopic (exact) mass is 428 g/mol. The molecule has 3 rings (SSSR count). The van der Waals surface area contributed by atoms with Gasteiger partial charge in [0, 0.05) is 0 Å². The second kappa shape index (κ2) is 7.34. The summed E-state index contributed by atoms with van der Waals surface area (Å²) in [6.45, 7) is 1.95. The molecule has 3 aromatic carbocycles. The molecule has 3 aromatic rings. The van der Waals surface area contributed by atoms with E-state index in [-0.39, 0.29) is 0 Å². The van der Waals surface area contributed by atoms with Crippen molar-refractivity contribution < 1.29 is 9.90 Å². The number of benzene rings is 3. The number of carboxylic acid groups (broad SMARTS) is 1. The molecule has 2 nitrogen and oxygen atoms in total. The topological polar surface area (TPSA) is 37.3 Å². The standard InChI is InChI=1S/C22H22BrO2P/c1-2-21(22(24)25)26(23,18-12-6-3-7-13-18,19-14-8-4-9-15-19)20-16-10-5-11-17-20/h3-17,21H,2H2,1H3,(H,24,25). The molecule has 0 saturated carbocycles. The van der Waals surface area contributed by atoms with E-state index in [4.69, 9.17) is 0 Å². The summed E-state index contributed by atoms with van der Waals surface area (Å²) in [6, 6.07) is 30.1. The summed E-state index contributed by atoms with van der Waals surface area (Å²) >= 11 is 4.19. The van der Waals surface area contributed by atoms with E-state index in [2.05, 4.69) is 51.9 Å². The number of hydrogen-bond acceptors (Lipinski definition) is 1. The van der Waals surface area contributed by atoms with Crippen molar-refractivity contribution >= 4 is 42.7 Å².